The van der Waals surface area contributed by atoms with E-state index in [4.69, 9.17) is 9.97 Å². The van der Waals surface area contributed by atoms with Gasteiger partial charge in [0.05, 0.1) is 11.4 Å². The van der Waals surface area contributed by atoms with Crippen molar-refractivity contribution < 1.29 is 0 Å². The Morgan fingerprint density at radius 3 is 2.69 bits per heavy atom. The largest absolute Gasteiger partial charge is 0.341 e. The molecule has 0 bridgehead atoms. The highest BCUT2D eigenvalue weighted by Gasteiger charge is 2.23. The minimum atomic E-state index is -0.172. The summed E-state index contributed by atoms with van der Waals surface area (Å²) in [5.41, 5.74) is 4.44. The number of para-hydroxylation sites is 1. The van der Waals surface area contributed by atoms with Crippen molar-refractivity contribution in [3.8, 4) is 11.3 Å². The van der Waals surface area contributed by atoms with Gasteiger partial charge in [-0.05, 0) is 44.2 Å². The summed E-state index contributed by atoms with van der Waals surface area (Å²) in [7, 11) is 0. The van der Waals surface area contributed by atoms with E-state index in [1.165, 1.54) is 30.9 Å². The van der Waals surface area contributed by atoms with Crippen LogP contribution in [0.5, 0.6) is 0 Å². The fourth-order valence-electron chi connectivity index (χ4n) is 4.22. The van der Waals surface area contributed by atoms with Gasteiger partial charge in [0.1, 0.15) is 0 Å². The first kappa shape index (κ1) is 17.8. The zero-order valence-corrected chi connectivity index (χ0v) is 16.6. The van der Waals surface area contributed by atoms with Crippen molar-refractivity contribution in [2.24, 2.45) is 0 Å². The van der Waals surface area contributed by atoms with Gasteiger partial charge in [0, 0.05) is 43.1 Å². The number of rotatable bonds is 3. The van der Waals surface area contributed by atoms with Gasteiger partial charge >= 0.3 is 0 Å². The fraction of sp³-hybridized carbons (Fsp3) is 0.364. The molecule has 1 saturated heterocycles. The van der Waals surface area contributed by atoms with Crippen LogP contribution in [0.1, 0.15) is 30.5 Å². The Kier molecular flexibility index (Phi) is 4.50. The summed E-state index contributed by atoms with van der Waals surface area (Å²) < 4.78 is 0. The molecule has 1 aromatic carbocycles. The van der Waals surface area contributed by atoms with Crippen LogP contribution in [-0.2, 0) is 6.42 Å². The van der Waals surface area contributed by atoms with E-state index in [1.54, 1.807) is 6.20 Å². The average molecular weight is 388 g/mol. The third-order valence-electron chi connectivity index (χ3n) is 5.75. The van der Waals surface area contributed by atoms with Gasteiger partial charge < -0.3 is 9.80 Å². The maximum atomic E-state index is 12.4. The lowest BCUT2D eigenvalue weighted by Crippen LogP contribution is -2.31. The van der Waals surface area contributed by atoms with Crippen LogP contribution in [0.25, 0.3) is 11.3 Å². The lowest BCUT2D eigenvalue weighted by Gasteiger charge is -2.27. The standard InChI is InChI=1S/C22H24N6O/c1-15-17(14-23-21(24-15)27-10-5-2-6-11-27)18-13-20(29)26-22(25-18)28-12-9-16-7-3-4-8-19(16)28/h3-4,7-8,13-14H,2,5-6,9-12H2,1H3,(H,25,26,29). The maximum absolute atomic E-state index is 12.4. The molecule has 0 unspecified atom stereocenters. The molecule has 0 amide bonds. The fourth-order valence-corrected chi connectivity index (χ4v) is 4.22. The van der Waals surface area contributed by atoms with Crippen molar-refractivity contribution in [2.75, 3.05) is 29.4 Å². The predicted molar refractivity (Wildman–Crippen MR) is 114 cm³/mol. The molecule has 5 rings (SSSR count). The van der Waals surface area contributed by atoms with Crippen molar-refractivity contribution in [3.63, 3.8) is 0 Å². The summed E-state index contributed by atoms with van der Waals surface area (Å²) in [5.74, 6) is 1.33. The number of H-pyrrole nitrogens is 1. The number of nitrogens with one attached hydrogen (secondary N) is 1. The monoisotopic (exact) mass is 388 g/mol. The third-order valence-corrected chi connectivity index (χ3v) is 5.75. The Morgan fingerprint density at radius 2 is 1.86 bits per heavy atom. The van der Waals surface area contributed by atoms with Gasteiger partial charge in [-0.3, -0.25) is 9.78 Å². The summed E-state index contributed by atoms with van der Waals surface area (Å²) in [5, 5.41) is 0. The highest BCUT2D eigenvalue weighted by atomic mass is 16.1. The summed E-state index contributed by atoms with van der Waals surface area (Å²) in [6.07, 6.45) is 6.38. The van der Waals surface area contributed by atoms with Gasteiger partial charge in [0.2, 0.25) is 11.9 Å². The Hall–Kier alpha value is -3.22. The van der Waals surface area contributed by atoms with E-state index in [2.05, 4.69) is 31.9 Å². The van der Waals surface area contributed by atoms with E-state index in [1.807, 2.05) is 19.1 Å². The Balaban J connectivity index is 1.50. The van der Waals surface area contributed by atoms with E-state index in [0.717, 1.165) is 48.9 Å². The van der Waals surface area contributed by atoms with Gasteiger partial charge in [-0.1, -0.05) is 18.2 Å². The first-order valence-electron chi connectivity index (χ1n) is 10.2. The zero-order chi connectivity index (χ0) is 19.8. The van der Waals surface area contributed by atoms with Crippen molar-refractivity contribution >= 4 is 17.6 Å². The Labute approximate surface area is 169 Å². The van der Waals surface area contributed by atoms with Gasteiger partial charge in [-0.2, -0.15) is 0 Å². The summed E-state index contributed by atoms with van der Waals surface area (Å²) >= 11 is 0. The van der Waals surface area contributed by atoms with Gasteiger partial charge in [0.25, 0.3) is 5.56 Å². The molecule has 1 fully saturated rings. The van der Waals surface area contributed by atoms with E-state index < -0.39 is 0 Å². The van der Waals surface area contributed by atoms with Crippen LogP contribution in [0.2, 0.25) is 0 Å². The third kappa shape index (κ3) is 3.37. The second-order valence-corrected chi connectivity index (χ2v) is 7.70. The number of hydrogen-bond donors (Lipinski definition) is 1. The van der Waals surface area contributed by atoms with Crippen molar-refractivity contribution in [3.05, 3.63) is 58.1 Å². The number of fused-ring (bicyclic) bond motifs is 1. The zero-order valence-electron chi connectivity index (χ0n) is 16.6. The minimum Gasteiger partial charge on any atom is -0.341 e. The Morgan fingerprint density at radius 1 is 1.03 bits per heavy atom. The lowest BCUT2D eigenvalue weighted by atomic mass is 10.1. The number of hydrogen-bond acceptors (Lipinski definition) is 6. The molecule has 0 saturated carbocycles. The molecular formula is C22H24N6O. The molecule has 4 heterocycles. The molecule has 1 N–H and O–H groups in total. The van der Waals surface area contributed by atoms with Crippen LogP contribution in [0.4, 0.5) is 17.6 Å². The van der Waals surface area contributed by atoms with Crippen LogP contribution in [0, 0.1) is 6.92 Å². The molecule has 3 aromatic rings. The summed E-state index contributed by atoms with van der Waals surface area (Å²) in [6.45, 7) is 4.76. The average Bonchev–Trinajstić information content (AvgIpc) is 3.18. The quantitative estimate of drug-likeness (QED) is 0.742. The van der Waals surface area contributed by atoms with Crippen molar-refractivity contribution in [1.82, 2.24) is 19.9 Å². The van der Waals surface area contributed by atoms with Crippen LogP contribution in [0.15, 0.2) is 41.3 Å². The van der Waals surface area contributed by atoms with Crippen LogP contribution in [-0.4, -0.2) is 39.6 Å². The molecule has 7 heteroatoms. The first-order valence-corrected chi connectivity index (χ1v) is 10.2. The highest BCUT2D eigenvalue weighted by molar-refractivity contribution is 5.68. The number of anilines is 3. The molecule has 29 heavy (non-hydrogen) atoms. The number of nitrogens with zero attached hydrogens (tertiary/aromatic N) is 5. The van der Waals surface area contributed by atoms with Crippen molar-refractivity contribution in [1.29, 1.82) is 0 Å². The molecule has 2 aliphatic heterocycles. The van der Waals surface area contributed by atoms with E-state index >= 15 is 0 Å². The SMILES string of the molecule is Cc1nc(N2CCCCC2)ncc1-c1cc(=O)[nH]c(N2CCc3ccccc32)n1. The van der Waals surface area contributed by atoms with Crippen LogP contribution < -0.4 is 15.4 Å². The molecule has 148 valence electrons. The van der Waals surface area contributed by atoms with Gasteiger partial charge in [0.15, 0.2) is 0 Å². The van der Waals surface area contributed by atoms with E-state index in [9.17, 15) is 4.79 Å². The smallest absolute Gasteiger partial charge is 0.252 e. The molecule has 7 nitrogen and oxygen atoms in total. The number of aromatic nitrogens is 4. The maximum Gasteiger partial charge on any atom is 0.252 e. The first-order chi connectivity index (χ1) is 14.2. The molecule has 2 aromatic heterocycles. The second kappa shape index (κ2) is 7.31. The molecule has 0 spiro atoms. The topological polar surface area (TPSA) is 78.0 Å². The number of piperidine rings is 1. The molecular weight excluding hydrogens is 364 g/mol. The Bertz CT molecular complexity index is 1100. The number of aryl methyl sites for hydroxylation is 1. The summed E-state index contributed by atoms with van der Waals surface area (Å²) in [6, 6.07) is 9.76. The van der Waals surface area contributed by atoms with Crippen LogP contribution in [0.3, 0.4) is 0 Å². The normalized spacial score (nSPS) is 16.2. The predicted octanol–water partition coefficient (Wildman–Crippen LogP) is 3.22. The van der Waals surface area contributed by atoms with Gasteiger partial charge in [-0.25, -0.2) is 15.0 Å². The second-order valence-electron chi connectivity index (χ2n) is 7.70. The molecule has 0 radical (unpaired) electrons. The van der Waals surface area contributed by atoms with E-state index in [-0.39, 0.29) is 5.56 Å². The van der Waals surface area contributed by atoms with E-state index in [0.29, 0.717) is 11.6 Å². The van der Waals surface area contributed by atoms with Crippen molar-refractivity contribution in [2.45, 2.75) is 32.6 Å². The van der Waals surface area contributed by atoms with Gasteiger partial charge in [-0.15, -0.1) is 0 Å². The van der Waals surface area contributed by atoms with Crippen LogP contribution >= 0.6 is 0 Å². The lowest BCUT2D eigenvalue weighted by molar-refractivity contribution is 0.568. The molecule has 0 atom stereocenters. The molecule has 2 aliphatic rings. The minimum absolute atomic E-state index is 0.172. The summed E-state index contributed by atoms with van der Waals surface area (Å²) in [4.78, 5) is 33.7. The highest BCUT2D eigenvalue weighted by Crippen LogP contribution is 2.32. The number of aromatic amines is 1. The molecule has 0 aliphatic carbocycles. The number of benzene rings is 1.